The van der Waals surface area contributed by atoms with E-state index < -0.39 is 117 Å². The molecule has 0 aliphatic carbocycles. The van der Waals surface area contributed by atoms with Crippen molar-refractivity contribution in [3.63, 3.8) is 0 Å². The third-order valence-electron chi connectivity index (χ3n) is 12.8. The van der Waals surface area contributed by atoms with Gasteiger partial charge in [-0.1, -0.05) is 6.92 Å². The lowest BCUT2D eigenvalue weighted by Crippen LogP contribution is -2.59. The average Bonchev–Trinajstić information content (AvgIpc) is 3.66. The van der Waals surface area contributed by atoms with Crippen LogP contribution in [-0.2, 0) is 85.4 Å². The van der Waals surface area contributed by atoms with E-state index in [2.05, 4.69) is 16.0 Å². The van der Waals surface area contributed by atoms with Crippen molar-refractivity contribution in [2.45, 2.75) is 118 Å². The highest BCUT2D eigenvalue weighted by Gasteiger charge is 2.46. The number of ether oxygens (including phenoxy) is 15. The summed E-state index contributed by atoms with van der Waals surface area (Å²) in [7, 11) is 0. The van der Waals surface area contributed by atoms with Gasteiger partial charge < -0.3 is 148 Å². The van der Waals surface area contributed by atoms with Gasteiger partial charge in [0.05, 0.1) is 145 Å². The summed E-state index contributed by atoms with van der Waals surface area (Å²) in [4.78, 5) is 37.5. The van der Waals surface area contributed by atoms with Crippen molar-refractivity contribution < 1.29 is 147 Å². The minimum absolute atomic E-state index is 0.0101. The fourth-order valence-electron chi connectivity index (χ4n) is 7.90. The maximum atomic E-state index is 12.5. The van der Waals surface area contributed by atoms with Gasteiger partial charge in [0.15, 0.2) is 18.9 Å². The summed E-state index contributed by atoms with van der Waals surface area (Å²) >= 11 is 0. The van der Waals surface area contributed by atoms with Crippen LogP contribution in [0.15, 0.2) is 0 Å². The van der Waals surface area contributed by atoms with Crippen LogP contribution in [0, 0.1) is 5.41 Å². The molecular formula is C50H93N3O30. The molecule has 6 unspecified atom stereocenters. The monoisotopic (exact) mass is 1220 g/mol. The number of hydrogen-bond donors (Lipinski definition) is 15. The standard InChI is InChI=1S/C50H93N3O30/c1-50(4-10-75-29-37(59)53-7-13-71-16-19-74-22-25-80-49-46(68)43(65)40(62)34(28-56)83-49,30-76-8-2-35(57)51-5-11-69-14-17-72-20-23-78-47-44(66)41(63)38(60)32(26-54)81-47)31-77-9-3-36(58)52-6-12-70-15-18-73-21-24-79-48-45(67)42(64)39(61)33(27-55)82-48/h32-34,38-49,54-56,60-68H,2-31H2,1H3,(H,51,57)(H,52,58)(H,53,59)/t32?,33?,34?,38-,39-,40-,41+,42+,43+,44?,45?,46?,47+,48+,49+,50?/m1/s1. The Morgan fingerprint density at radius 1 is 0.361 bits per heavy atom. The fourth-order valence-corrected chi connectivity index (χ4v) is 7.90. The third kappa shape index (κ3) is 29.7. The van der Waals surface area contributed by atoms with Crippen LogP contribution in [0.4, 0.5) is 0 Å². The van der Waals surface area contributed by atoms with Crippen LogP contribution in [0.5, 0.6) is 0 Å². The van der Waals surface area contributed by atoms with Crippen LogP contribution in [-0.4, -0.2) is 349 Å². The van der Waals surface area contributed by atoms with Crippen molar-refractivity contribution in [3.05, 3.63) is 0 Å². The Morgan fingerprint density at radius 3 is 0.988 bits per heavy atom. The van der Waals surface area contributed by atoms with E-state index in [9.17, 15) is 75.7 Å². The van der Waals surface area contributed by atoms with E-state index in [0.717, 1.165) is 0 Å². The van der Waals surface area contributed by atoms with Gasteiger partial charge in [0.25, 0.3) is 0 Å². The predicted octanol–water partition coefficient (Wildman–Crippen LogP) is -8.89. The van der Waals surface area contributed by atoms with Crippen LogP contribution in [0.3, 0.4) is 0 Å². The van der Waals surface area contributed by atoms with Crippen LogP contribution < -0.4 is 16.0 Å². The number of rotatable bonds is 48. The number of aliphatic hydroxyl groups is 12. The first kappa shape index (κ1) is 74.6. The molecular weight excluding hydrogens is 1120 g/mol. The first-order valence-electron chi connectivity index (χ1n) is 27.7. The van der Waals surface area contributed by atoms with E-state index in [1.54, 1.807) is 0 Å². The number of amides is 3. The average molecular weight is 1220 g/mol. The lowest BCUT2D eigenvalue weighted by Gasteiger charge is -2.39. The largest absolute Gasteiger partial charge is 0.394 e. The molecule has 0 aromatic rings. The highest BCUT2D eigenvalue weighted by atomic mass is 16.7. The van der Waals surface area contributed by atoms with E-state index in [-0.39, 0.29) is 189 Å². The molecule has 0 aromatic heterocycles. The topological polar surface area (TPSA) is 469 Å². The fraction of sp³-hybridized carbons (Fsp3) is 0.940. The van der Waals surface area contributed by atoms with E-state index in [0.29, 0.717) is 6.42 Å². The van der Waals surface area contributed by atoms with Crippen LogP contribution in [0.25, 0.3) is 0 Å². The Labute approximate surface area is 481 Å². The molecule has 15 N–H and O–H groups in total. The molecule has 83 heavy (non-hydrogen) atoms. The molecule has 3 saturated heterocycles. The second kappa shape index (κ2) is 43.9. The summed E-state index contributed by atoms with van der Waals surface area (Å²) < 4.78 is 82.0. The lowest BCUT2D eigenvalue weighted by molar-refractivity contribution is -0.302. The minimum Gasteiger partial charge on any atom is -0.394 e. The molecule has 0 aromatic carbocycles. The molecule has 0 radical (unpaired) electrons. The molecule has 3 amide bonds. The lowest BCUT2D eigenvalue weighted by atomic mass is 9.89. The van der Waals surface area contributed by atoms with Crippen LogP contribution in [0.1, 0.15) is 26.2 Å². The molecule has 0 spiro atoms. The Bertz CT molecular complexity index is 1500. The van der Waals surface area contributed by atoms with E-state index in [4.69, 9.17) is 71.1 Å². The summed E-state index contributed by atoms with van der Waals surface area (Å²) in [6.07, 6.45) is -20.2. The maximum absolute atomic E-state index is 12.5. The summed E-state index contributed by atoms with van der Waals surface area (Å²) in [5.74, 6) is -0.931. The smallest absolute Gasteiger partial charge is 0.246 e. The highest BCUT2D eigenvalue weighted by molar-refractivity contribution is 5.77. The number of nitrogens with one attached hydrogen (secondary N) is 3. The maximum Gasteiger partial charge on any atom is 0.246 e. The summed E-state index contributed by atoms with van der Waals surface area (Å²) in [5, 5.41) is 125. The van der Waals surface area contributed by atoms with Gasteiger partial charge >= 0.3 is 0 Å². The summed E-state index contributed by atoms with van der Waals surface area (Å²) in [6, 6.07) is 0. The molecule has 488 valence electrons. The first-order chi connectivity index (χ1) is 40.0. The summed E-state index contributed by atoms with van der Waals surface area (Å²) in [6.45, 7) is 3.24. The van der Waals surface area contributed by atoms with E-state index in [1.807, 2.05) is 6.92 Å². The predicted molar refractivity (Wildman–Crippen MR) is 278 cm³/mol. The second-order valence-corrected chi connectivity index (χ2v) is 19.6. The van der Waals surface area contributed by atoms with Gasteiger partial charge in [-0.3, -0.25) is 14.4 Å². The van der Waals surface area contributed by atoms with Crippen LogP contribution in [0.2, 0.25) is 0 Å². The van der Waals surface area contributed by atoms with Gasteiger partial charge in [-0.25, -0.2) is 0 Å². The van der Waals surface area contributed by atoms with Crippen molar-refractivity contribution in [1.82, 2.24) is 16.0 Å². The highest BCUT2D eigenvalue weighted by Crippen LogP contribution is 2.25. The zero-order valence-electron chi connectivity index (χ0n) is 47.1. The van der Waals surface area contributed by atoms with Gasteiger partial charge in [0, 0.05) is 44.5 Å². The van der Waals surface area contributed by atoms with Gasteiger partial charge in [-0.15, -0.1) is 0 Å². The Hall–Kier alpha value is -2.67. The Balaban J connectivity index is 1.26. The number of carbonyl (C=O) groups excluding carboxylic acids is 3. The molecule has 0 saturated carbocycles. The first-order valence-corrected chi connectivity index (χ1v) is 27.7. The third-order valence-corrected chi connectivity index (χ3v) is 12.8. The molecule has 33 heteroatoms. The number of aliphatic hydroxyl groups excluding tert-OH is 12. The van der Waals surface area contributed by atoms with E-state index in [1.165, 1.54) is 0 Å². The molecule has 3 aliphatic heterocycles. The van der Waals surface area contributed by atoms with Crippen molar-refractivity contribution >= 4 is 17.7 Å². The SMILES string of the molecule is CC(CCOCC(=O)NCCOCCOCCO[C@H]1OC(CO)[C@@H](O)[C@H](O)C1O)(COCCC(=O)NCCOCCOCCO[C@H]1OC(CO)[C@@H](O)[C@H](O)C1O)COCCC(=O)NCCOCCOCCO[C@H]1OC(CO)[C@@H](O)[C@H](O)C1O. The minimum atomic E-state index is -1.55. The molecule has 15 atom stereocenters. The quantitative estimate of drug-likeness (QED) is 0.0252. The van der Waals surface area contributed by atoms with Crippen molar-refractivity contribution in [2.75, 3.05) is 178 Å². The van der Waals surface area contributed by atoms with Gasteiger partial charge in [-0.05, 0) is 6.42 Å². The van der Waals surface area contributed by atoms with E-state index >= 15 is 0 Å². The van der Waals surface area contributed by atoms with Gasteiger partial charge in [0.1, 0.15) is 79.9 Å². The van der Waals surface area contributed by atoms with Crippen molar-refractivity contribution in [3.8, 4) is 0 Å². The van der Waals surface area contributed by atoms with Crippen molar-refractivity contribution in [2.24, 2.45) is 5.41 Å². The zero-order chi connectivity index (χ0) is 60.8. The van der Waals surface area contributed by atoms with Crippen LogP contribution >= 0.6 is 0 Å². The molecule has 3 fully saturated rings. The normalized spacial score (nSPS) is 29.1. The molecule has 3 heterocycles. The van der Waals surface area contributed by atoms with Gasteiger partial charge in [0.2, 0.25) is 17.7 Å². The number of hydrogen-bond acceptors (Lipinski definition) is 30. The summed E-state index contributed by atoms with van der Waals surface area (Å²) in [5.41, 5.74) is -0.657. The van der Waals surface area contributed by atoms with Crippen molar-refractivity contribution in [1.29, 1.82) is 0 Å². The molecule has 3 aliphatic rings. The molecule has 0 bridgehead atoms. The zero-order valence-corrected chi connectivity index (χ0v) is 47.1. The molecule has 33 nitrogen and oxygen atoms in total. The Kier molecular flexibility index (Phi) is 39.4. The second-order valence-electron chi connectivity index (χ2n) is 19.6. The Morgan fingerprint density at radius 2 is 0.663 bits per heavy atom. The van der Waals surface area contributed by atoms with Gasteiger partial charge in [-0.2, -0.15) is 0 Å². The number of carbonyl (C=O) groups is 3. The molecule has 3 rings (SSSR count).